The maximum atomic E-state index is 13.7. The van der Waals surface area contributed by atoms with E-state index < -0.39 is 65.1 Å². The van der Waals surface area contributed by atoms with Crippen LogP contribution in [0.4, 0.5) is 23.7 Å². The van der Waals surface area contributed by atoms with Gasteiger partial charge in [-0.15, -0.1) is 0 Å². The average molecular weight is 441 g/mol. The van der Waals surface area contributed by atoms with E-state index in [4.69, 9.17) is 4.74 Å². The number of esters is 1. The van der Waals surface area contributed by atoms with Crippen molar-refractivity contribution >= 4 is 29.5 Å². The first-order chi connectivity index (χ1) is 14.5. The van der Waals surface area contributed by atoms with Gasteiger partial charge in [-0.2, -0.15) is 0 Å². The minimum Gasteiger partial charge on any atom is -0.451 e. The molecule has 8 nitrogen and oxygen atoms in total. The molecule has 2 aliphatic rings. The Morgan fingerprint density at radius 2 is 1.87 bits per heavy atom. The summed E-state index contributed by atoms with van der Waals surface area (Å²) in [6.07, 6.45) is 1.03. The summed E-state index contributed by atoms with van der Waals surface area (Å²) in [5, 5.41) is 4.65. The van der Waals surface area contributed by atoms with E-state index in [1.807, 2.05) is 5.32 Å². The molecule has 4 amide bonds. The van der Waals surface area contributed by atoms with E-state index in [9.17, 15) is 32.3 Å². The third-order valence-corrected chi connectivity index (χ3v) is 5.63. The van der Waals surface area contributed by atoms with Crippen LogP contribution < -0.4 is 10.6 Å². The number of benzene rings is 1. The van der Waals surface area contributed by atoms with Gasteiger partial charge in [0.15, 0.2) is 23.6 Å². The van der Waals surface area contributed by atoms with Crippen LogP contribution in [-0.2, 0) is 19.1 Å². The fourth-order valence-electron chi connectivity index (χ4n) is 3.69. The van der Waals surface area contributed by atoms with Crippen molar-refractivity contribution in [2.24, 2.45) is 5.92 Å². The number of hydrogen-bond acceptors (Lipinski definition) is 5. The highest BCUT2D eigenvalue weighted by Crippen LogP contribution is 2.36. The predicted octanol–water partition coefficient (Wildman–Crippen LogP) is 2.47. The van der Waals surface area contributed by atoms with Gasteiger partial charge in [-0.25, -0.2) is 18.0 Å². The first kappa shape index (κ1) is 22.6. The van der Waals surface area contributed by atoms with E-state index in [0.29, 0.717) is 24.8 Å². The number of halogens is 3. The average Bonchev–Trinajstić information content (AvgIpc) is 2.94. The lowest BCUT2D eigenvalue weighted by Gasteiger charge is -2.33. The third-order valence-electron chi connectivity index (χ3n) is 5.63. The number of anilines is 1. The Morgan fingerprint density at radius 3 is 2.52 bits per heavy atom. The molecule has 3 rings (SSSR count). The van der Waals surface area contributed by atoms with E-state index in [1.165, 1.54) is 6.92 Å². The van der Waals surface area contributed by atoms with Crippen LogP contribution in [0.2, 0.25) is 0 Å². The third kappa shape index (κ3) is 4.49. The fourth-order valence-corrected chi connectivity index (χ4v) is 3.69. The zero-order chi connectivity index (χ0) is 22.9. The first-order valence-electron chi connectivity index (χ1n) is 9.82. The number of carbonyl (C=O) groups is 4. The van der Waals surface area contributed by atoms with Crippen molar-refractivity contribution in [3.63, 3.8) is 0 Å². The molecular weight excluding hydrogens is 419 g/mol. The summed E-state index contributed by atoms with van der Waals surface area (Å²) in [5.74, 6) is -6.89. The molecule has 1 aliphatic carbocycles. The zero-order valence-electron chi connectivity index (χ0n) is 17.0. The number of hydrogen-bond donors (Lipinski definition) is 2. The largest absolute Gasteiger partial charge is 0.451 e. The number of imide groups is 1. The molecule has 1 saturated heterocycles. The van der Waals surface area contributed by atoms with Crippen LogP contribution in [0.15, 0.2) is 12.1 Å². The molecule has 11 heteroatoms. The Kier molecular flexibility index (Phi) is 6.23. The number of carbonyl (C=O) groups excluding carboxylic acids is 4. The Bertz CT molecular complexity index is 931. The second-order valence-corrected chi connectivity index (χ2v) is 7.93. The van der Waals surface area contributed by atoms with Crippen LogP contribution in [-0.4, -0.2) is 46.9 Å². The van der Waals surface area contributed by atoms with Gasteiger partial charge < -0.3 is 15.4 Å². The lowest BCUT2D eigenvalue weighted by atomic mass is 9.77. The smallest absolute Gasteiger partial charge is 0.327 e. The topological polar surface area (TPSA) is 105 Å². The Balaban J connectivity index is 1.58. The molecule has 1 atom stereocenters. The normalized spacial score (nSPS) is 24.2. The summed E-state index contributed by atoms with van der Waals surface area (Å²) in [6, 6.07) is 0.736. The summed E-state index contributed by atoms with van der Waals surface area (Å²) in [4.78, 5) is 50.0. The van der Waals surface area contributed by atoms with Gasteiger partial charge >= 0.3 is 12.0 Å². The fraction of sp³-hybridized carbons (Fsp3) is 0.500. The van der Waals surface area contributed by atoms with E-state index >= 15 is 0 Å². The number of amides is 4. The van der Waals surface area contributed by atoms with Crippen molar-refractivity contribution < 1.29 is 37.1 Å². The highest BCUT2D eigenvalue weighted by Gasteiger charge is 2.52. The Labute approximate surface area is 176 Å². The van der Waals surface area contributed by atoms with Crippen molar-refractivity contribution in [1.29, 1.82) is 0 Å². The minimum absolute atomic E-state index is 0.438. The Hall–Kier alpha value is -3.11. The molecular formula is C20H22F3N3O5. The van der Waals surface area contributed by atoms with Gasteiger partial charge in [-0.3, -0.25) is 19.3 Å². The standard InChI is InChI=1S/C20H22F3N3O5/c1-10-5-7-20(8-6-10)18(29)26(19(30)25-20)9-14(27)31-11(2)17(28)24-13-4-3-12(21)15(22)16(13)23/h3-4,10-11H,5-9H2,1-2H3,(H,24,28)(H,25,30). The van der Waals surface area contributed by atoms with Crippen molar-refractivity contribution in [3.8, 4) is 0 Å². The molecule has 2 N–H and O–H groups in total. The van der Waals surface area contributed by atoms with Crippen molar-refractivity contribution in [3.05, 3.63) is 29.6 Å². The number of nitrogens with zero attached hydrogens (tertiary/aromatic N) is 1. The lowest BCUT2D eigenvalue weighted by molar-refractivity contribution is -0.155. The van der Waals surface area contributed by atoms with Crippen molar-refractivity contribution in [2.75, 3.05) is 11.9 Å². The molecule has 1 unspecified atom stereocenters. The van der Waals surface area contributed by atoms with Crippen LogP contribution >= 0.6 is 0 Å². The maximum Gasteiger partial charge on any atom is 0.327 e. The molecule has 1 spiro atoms. The predicted molar refractivity (Wildman–Crippen MR) is 101 cm³/mol. The van der Waals surface area contributed by atoms with Gasteiger partial charge in [0.05, 0.1) is 5.69 Å². The monoisotopic (exact) mass is 441 g/mol. The van der Waals surface area contributed by atoms with Crippen LogP contribution in [0.3, 0.4) is 0 Å². The molecule has 31 heavy (non-hydrogen) atoms. The summed E-state index contributed by atoms with van der Waals surface area (Å²) in [5.41, 5.74) is -1.65. The van der Waals surface area contributed by atoms with Gasteiger partial charge in [0.1, 0.15) is 12.1 Å². The van der Waals surface area contributed by atoms with Gasteiger partial charge in [-0.05, 0) is 50.7 Å². The Morgan fingerprint density at radius 1 is 1.23 bits per heavy atom. The van der Waals surface area contributed by atoms with Gasteiger partial charge in [0.2, 0.25) is 0 Å². The van der Waals surface area contributed by atoms with Crippen LogP contribution in [0.5, 0.6) is 0 Å². The molecule has 1 aromatic rings. The van der Waals surface area contributed by atoms with Crippen LogP contribution in [0.25, 0.3) is 0 Å². The molecule has 0 bridgehead atoms. The molecule has 1 heterocycles. The molecule has 1 saturated carbocycles. The zero-order valence-corrected chi connectivity index (χ0v) is 17.0. The number of ether oxygens (including phenoxy) is 1. The summed E-state index contributed by atoms with van der Waals surface area (Å²) in [6.45, 7) is 2.53. The highest BCUT2D eigenvalue weighted by molar-refractivity contribution is 6.08. The van der Waals surface area contributed by atoms with Crippen LogP contribution in [0, 0.1) is 23.4 Å². The number of nitrogens with one attached hydrogen (secondary N) is 2. The SMILES string of the molecule is CC1CCC2(CC1)NC(=O)N(CC(=O)OC(C)C(=O)Nc1ccc(F)c(F)c1F)C2=O. The second-order valence-electron chi connectivity index (χ2n) is 7.93. The molecule has 0 aromatic heterocycles. The van der Waals surface area contributed by atoms with Crippen molar-refractivity contribution in [1.82, 2.24) is 10.2 Å². The minimum atomic E-state index is -1.76. The van der Waals surface area contributed by atoms with Gasteiger partial charge in [0, 0.05) is 0 Å². The first-order valence-corrected chi connectivity index (χ1v) is 9.82. The number of rotatable bonds is 5. The van der Waals surface area contributed by atoms with Gasteiger partial charge in [-0.1, -0.05) is 6.92 Å². The summed E-state index contributed by atoms with van der Waals surface area (Å²) >= 11 is 0. The highest BCUT2D eigenvalue weighted by atomic mass is 19.2. The molecule has 168 valence electrons. The van der Waals surface area contributed by atoms with Crippen molar-refractivity contribution in [2.45, 2.75) is 51.2 Å². The molecule has 1 aromatic carbocycles. The molecule has 2 fully saturated rings. The summed E-state index contributed by atoms with van der Waals surface area (Å²) in [7, 11) is 0. The second kappa shape index (κ2) is 8.56. The lowest BCUT2D eigenvalue weighted by Crippen LogP contribution is -2.49. The van der Waals surface area contributed by atoms with E-state index in [2.05, 4.69) is 12.2 Å². The van der Waals surface area contributed by atoms with E-state index in [1.54, 1.807) is 0 Å². The number of urea groups is 1. The molecule has 1 aliphatic heterocycles. The van der Waals surface area contributed by atoms with Gasteiger partial charge in [0.25, 0.3) is 11.8 Å². The van der Waals surface area contributed by atoms with Crippen LogP contribution in [0.1, 0.15) is 39.5 Å². The van der Waals surface area contributed by atoms with E-state index in [0.717, 1.165) is 23.8 Å². The quantitative estimate of drug-likeness (QED) is 0.415. The van der Waals surface area contributed by atoms with E-state index in [-0.39, 0.29) is 0 Å². The summed E-state index contributed by atoms with van der Waals surface area (Å²) < 4.78 is 44.8. The maximum absolute atomic E-state index is 13.7. The molecule has 0 radical (unpaired) electrons.